The Kier molecular flexibility index (Phi) is 9.97. The molecule has 0 unspecified atom stereocenters. The maximum atomic E-state index is 2.43. The van der Waals surface area contributed by atoms with Crippen molar-refractivity contribution < 1.29 is 0 Å². The first-order chi connectivity index (χ1) is 31.3. The Morgan fingerprint density at radius 2 is 0.587 bits per heavy atom. The number of nitrogens with zero attached hydrogens (tertiary/aromatic N) is 1. The van der Waals surface area contributed by atoms with Crippen molar-refractivity contribution in [3.05, 3.63) is 261 Å². The van der Waals surface area contributed by atoms with Crippen molar-refractivity contribution in [2.75, 3.05) is 4.90 Å². The molecular formula is C62H43N. The van der Waals surface area contributed by atoms with Crippen LogP contribution in [0, 0.1) is 0 Å². The van der Waals surface area contributed by atoms with Gasteiger partial charge < -0.3 is 4.90 Å². The summed E-state index contributed by atoms with van der Waals surface area (Å²) in [6.45, 7) is 0. The number of fused-ring (bicyclic) bond motifs is 2. The Hall–Kier alpha value is -8.26. The van der Waals surface area contributed by atoms with Crippen LogP contribution in [0.15, 0.2) is 261 Å². The summed E-state index contributed by atoms with van der Waals surface area (Å²) >= 11 is 0. The van der Waals surface area contributed by atoms with E-state index in [0.717, 1.165) is 17.1 Å². The van der Waals surface area contributed by atoms with Gasteiger partial charge in [-0.25, -0.2) is 0 Å². The maximum absolute atomic E-state index is 2.43. The first-order valence-electron chi connectivity index (χ1n) is 21.7. The fourth-order valence-corrected chi connectivity index (χ4v) is 9.34. The molecular weight excluding hydrogens is 759 g/mol. The van der Waals surface area contributed by atoms with Gasteiger partial charge in [0, 0.05) is 16.8 Å². The van der Waals surface area contributed by atoms with Crippen molar-refractivity contribution in [1.82, 2.24) is 0 Å². The molecule has 11 aromatic rings. The molecule has 0 aliphatic heterocycles. The van der Waals surface area contributed by atoms with Gasteiger partial charge >= 0.3 is 0 Å². The molecule has 0 heterocycles. The van der Waals surface area contributed by atoms with Crippen LogP contribution < -0.4 is 4.90 Å². The lowest BCUT2D eigenvalue weighted by molar-refractivity contribution is 1.30. The van der Waals surface area contributed by atoms with Crippen molar-refractivity contribution in [2.24, 2.45) is 0 Å². The summed E-state index contributed by atoms with van der Waals surface area (Å²) in [7, 11) is 0. The highest BCUT2D eigenvalue weighted by atomic mass is 15.1. The molecule has 0 saturated carbocycles. The van der Waals surface area contributed by atoms with Gasteiger partial charge in [-0.15, -0.1) is 0 Å². The fraction of sp³-hybridized carbons (Fsp3) is 0. The SMILES string of the molecule is c1ccc(-c2ccc(N(c3ccccc3)c3cccc4cc(-c5ccc6c(-c7ccccc7)c(-c7ccccc7)c(-c7ccccc7)c(-c7ccccc7)c6c5)ccc34)cc2)cc1. The zero-order chi connectivity index (χ0) is 42.0. The van der Waals surface area contributed by atoms with E-state index in [1.54, 1.807) is 0 Å². The molecule has 0 aromatic heterocycles. The minimum Gasteiger partial charge on any atom is -0.310 e. The van der Waals surface area contributed by atoms with Crippen LogP contribution in [0.1, 0.15) is 0 Å². The Morgan fingerprint density at radius 3 is 1.11 bits per heavy atom. The van der Waals surface area contributed by atoms with Gasteiger partial charge in [0.1, 0.15) is 0 Å². The Labute approximate surface area is 369 Å². The van der Waals surface area contributed by atoms with E-state index in [1.165, 1.54) is 88.3 Å². The minimum absolute atomic E-state index is 1.11. The number of benzene rings is 11. The smallest absolute Gasteiger partial charge is 0.0540 e. The van der Waals surface area contributed by atoms with Crippen molar-refractivity contribution in [3.63, 3.8) is 0 Å². The Balaban J connectivity index is 1.12. The van der Waals surface area contributed by atoms with Gasteiger partial charge in [-0.3, -0.25) is 0 Å². The average Bonchev–Trinajstić information content (AvgIpc) is 3.37. The second kappa shape index (κ2) is 16.7. The summed E-state index contributed by atoms with van der Waals surface area (Å²) in [6.07, 6.45) is 0. The Morgan fingerprint density at radius 1 is 0.206 bits per heavy atom. The number of hydrogen-bond donors (Lipinski definition) is 0. The molecule has 296 valence electrons. The quantitative estimate of drug-likeness (QED) is 0.141. The number of hydrogen-bond acceptors (Lipinski definition) is 1. The largest absolute Gasteiger partial charge is 0.310 e. The van der Waals surface area contributed by atoms with Crippen molar-refractivity contribution in [1.29, 1.82) is 0 Å². The van der Waals surface area contributed by atoms with Gasteiger partial charge in [0.05, 0.1) is 5.69 Å². The summed E-state index contributed by atoms with van der Waals surface area (Å²) in [5.41, 5.74) is 17.8. The highest BCUT2D eigenvalue weighted by molar-refractivity contribution is 6.19. The van der Waals surface area contributed by atoms with E-state index in [1.807, 2.05) is 0 Å². The molecule has 0 atom stereocenters. The predicted octanol–water partition coefficient (Wildman–Crippen LogP) is 17.5. The van der Waals surface area contributed by atoms with Gasteiger partial charge in [0.15, 0.2) is 0 Å². The minimum atomic E-state index is 1.11. The van der Waals surface area contributed by atoms with Crippen LogP contribution >= 0.6 is 0 Å². The first-order valence-corrected chi connectivity index (χ1v) is 21.7. The first kappa shape index (κ1) is 37.7. The maximum Gasteiger partial charge on any atom is 0.0540 e. The molecule has 0 radical (unpaired) electrons. The molecule has 0 aliphatic rings. The molecule has 63 heavy (non-hydrogen) atoms. The third-order valence-electron chi connectivity index (χ3n) is 12.2. The Bertz CT molecular complexity index is 3330. The zero-order valence-electron chi connectivity index (χ0n) is 34.8. The second-order valence-corrected chi connectivity index (χ2v) is 16.0. The molecule has 0 saturated heterocycles. The average molecular weight is 802 g/mol. The van der Waals surface area contributed by atoms with E-state index < -0.39 is 0 Å². The summed E-state index contributed by atoms with van der Waals surface area (Å²) in [5, 5.41) is 4.82. The molecule has 0 spiro atoms. The molecule has 0 aliphatic carbocycles. The zero-order valence-corrected chi connectivity index (χ0v) is 34.8. The number of anilines is 3. The predicted molar refractivity (Wildman–Crippen MR) is 269 cm³/mol. The fourth-order valence-electron chi connectivity index (χ4n) is 9.34. The topological polar surface area (TPSA) is 3.24 Å². The van der Waals surface area contributed by atoms with E-state index in [-0.39, 0.29) is 0 Å². The monoisotopic (exact) mass is 801 g/mol. The summed E-state index contributed by atoms with van der Waals surface area (Å²) < 4.78 is 0. The lowest BCUT2D eigenvalue weighted by Gasteiger charge is -2.27. The highest BCUT2D eigenvalue weighted by Crippen LogP contribution is 2.51. The van der Waals surface area contributed by atoms with Gasteiger partial charge in [-0.05, 0) is 125 Å². The summed E-state index contributed by atoms with van der Waals surface area (Å²) in [4.78, 5) is 2.37. The van der Waals surface area contributed by atoms with Gasteiger partial charge in [-0.1, -0.05) is 218 Å². The van der Waals surface area contributed by atoms with Crippen LogP contribution in [0.2, 0.25) is 0 Å². The molecule has 0 fully saturated rings. The normalized spacial score (nSPS) is 11.2. The van der Waals surface area contributed by atoms with Crippen molar-refractivity contribution in [2.45, 2.75) is 0 Å². The van der Waals surface area contributed by atoms with Crippen LogP contribution in [0.5, 0.6) is 0 Å². The standard InChI is InChI=1S/C62H43N/c1-7-20-44(21-8-1)45-34-38-54(39-35-45)63(53-31-17-6-18-32-53)58-33-19-30-52-42-50(36-40-55(52)58)51-37-41-56-57(43-51)60(47-24-11-3-12-25-47)62(49-28-15-5-16-29-49)61(48-26-13-4-14-27-48)59(56)46-22-9-2-10-23-46/h1-43H. The number of para-hydroxylation sites is 1. The molecule has 11 aromatic carbocycles. The van der Waals surface area contributed by atoms with Crippen molar-refractivity contribution in [3.8, 4) is 66.8 Å². The molecule has 0 bridgehead atoms. The molecule has 1 heteroatoms. The molecule has 0 N–H and O–H groups in total. The third kappa shape index (κ3) is 7.16. The van der Waals surface area contributed by atoms with Crippen molar-refractivity contribution >= 4 is 38.6 Å². The van der Waals surface area contributed by atoms with Crippen LogP contribution in [0.25, 0.3) is 88.3 Å². The van der Waals surface area contributed by atoms with E-state index in [0.29, 0.717) is 0 Å². The number of rotatable bonds is 9. The second-order valence-electron chi connectivity index (χ2n) is 16.0. The van der Waals surface area contributed by atoms with E-state index >= 15 is 0 Å². The van der Waals surface area contributed by atoms with Gasteiger partial charge in [0.2, 0.25) is 0 Å². The van der Waals surface area contributed by atoms with Gasteiger partial charge in [0.25, 0.3) is 0 Å². The third-order valence-corrected chi connectivity index (χ3v) is 12.2. The summed E-state index contributed by atoms with van der Waals surface area (Å²) in [6, 6.07) is 94.6. The van der Waals surface area contributed by atoms with Crippen LogP contribution in [-0.2, 0) is 0 Å². The lowest BCUT2D eigenvalue weighted by atomic mass is 9.78. The van der Waals surface area contributed by atoms with Crippen LogP contribution in [0.3, 0.4) is 0 Å². The molecule has 0 amide bonds. The van der Waals surface area contributed by atoms with Crippen LogP contribution in [-0.4, -0.2) is 0 Å². The van der Waals surface area contributed by atoms with Crippen LogP contribution in [0.4, 0.5) is 17.1 Å². The van der Waals surface area contributed by atoms with E-state index in [4.69, 9.17) is 0 Å². The summed E-state index contributed by atoms with van der Waals surface area (Å²) in [5.74, 6) is 0. The van der Waals surface area contributed by atoms with E-state index in [2.05, 4.69) is 266 Å². The highest BCUT2D eigenvalue weighted by Gasteiger charge is 2.24. The molecule has 1 nitrogen and oxygen atoms in total. The lowest BCUT2D eigenvalue weighted by Crippen LogP contribution is -2.10. The van der Waals surface area contributed by atoms with E-state index in [9.17, 15) is 0 Å². The molecule has 11 rings (SSSR count). The van der Waals surface area contributed by atoms with Gasteiger partial charge in [-0.2, -0.15) is 0 Å².